The average molecular weight is 449 g/mol. The molecule has 0 amide bonds. The van der Waals surface area contributed by atoms with Gasteiger partial charge in [-0.15, -0.1) is 6.58 Å². The van der Waals surface area contributed by atoms with Crippen LogP contribution in [0.25, 0.3) is 11.1 Å². The molecule has 0 bridgehead atoms. The molecule has 1 N–H and O–H groups in total. The third-order valence-corrected chi connectivity index (χ3v) is 5.72. The molecule has 0 aliphatic rings. The summed E-state index contributed by atoms with van der Waals surface area (Å²) in [7, 11) is -2.15. The van der Waals surface area contributed by atoms with Crippen molar-refractivity contribution >= 4 is 27.4 Å². The number of methoxy groups -OCH3 is 1. The van der Waals surface area contributed by atoms with Gasteiger partial charge in [0.25, 0.3) is 0 Å². The largest absolute Gasteiger partial charge is 0.495 e. The Morgan fingerprint density at radius 3 is 2.37 bits per heavy atom. The lowest BCUT2D eigenvalue weighted by Crippen LogP contribution is -2.13. The highest BCUT2D eigenvalue weighted by molar-refractivity contribution is 7.90. The molecule has 3 aromatic rings. The van der Waals surface area contributed by atoms with Crippen molar-refractivity contribution in [3.8, 4) is 16.9 Å². The maximum absolute atomic E-state index is 12.0. The molecule has 30 heavy (non-hydrogen) atoms. The summed E-state index contributed by atoms with van der Waals surface area (Å²) in [6, 6.07) is 14.2. The Kier molecular flexibility index (Phi) is 8.26. The predicted octanol–water partition coefficient (Wildman–Crippen LogP) is 5.09. The number of carbonyl (C=O) groups is 1. The predicted molar refractivity (Wildman–Crippen MR) is 117 cm³/mol. The Bertz CT molecular complexity index is 1090. The third-order valence-electron chi connectivity index (χ3n) is 3.97. The molecule has 158 valence electrons. The molecular formula is C22H21ClO6S. The van der Waals surface area contributed by atoms with E-state index in [-0.39, 0.29) is 22.6 Å². The molecule has 2 aromatic carbocycles. The fourth-order valence-electron chi connectivity index (χ4n) is 2.73. The fourth-order valence-corrected chi connectivity index (χ4v) is 4.06. The van der Waals surface area contributed by atoms with Crippen LogP contribution < -0.4 is 4.74 Å². The number of benzene rings is 2. The van der Waals surface area contributed by atoms with Gasteiger partial charge in [-0.05, 0) is 23.8 Å². The number of furan rings is 1. The van der Waals surface area contributed by atoms with E-state index in [0.29, 0.717) is 11.1 Å². The van der Waals surface area contributed by atoms with Crippen molar-refractivity contribution in [3.63, 3.8) is 0 Å². The molecule has 0 spiro atoms. The van der Waals surface area contributed by atoms with E-state index in [1.165, 1.54) is 31.8 Å². The number of ether oxygens (including phenoxy) is 1. The van der Waals surface area contributed by atoms with E-state index < -0.39 is 21.6 Å². The monoisotopic (exact) mass is 448 g/mol. The summed E-state index contributed by atoms with van der Waals surface area (Å²) in [6.07, 6.45) is 4.18. The maximum Gasteiger partial charge on any atom is 0.339 e. The third kappa shape index (κ3) is 6.23. The van der Waals surface area contributed by atoms with Crippen LogP contribution in [-0.4, -0.2) is 32.4 Å². The van der Waals surface area contributed by atoms with Crippen LogP contribution in [0.15, 0.2) is 78.1 Å². The summed E-state index contributed by atoms with van der Waals surface area (Å²) in [5, 5.41) is 10.3. The van der Waals surface area contributed by atoms with Crippen LogP contribution in [0.2, 0.25) is 5.02 Å². The van der Waals surface area contributed by atoms with Gasteiger partial charge in [0.2, 0.25) is 0 Å². The van der Waals surface area contributed by atoms with Crippen molar-refractivity contribution < 1.29 is 27.5 Å². The van der Waals surface area contributed by atoms with Crippen molar-refractivity contribution in [3.05, 3.63) is 89.9 Å². The van der Waals surface area contributed by atoms with Crippen molar-refractivity contribution in [1.82, 2.24) is 0 Å². The molecule has 1 aromatic heterocycles. The van der Waals surface area contributed by atoms with Crippen LogP contribution in [0.5, 0.6) is 5.75 Å². The first-order valence-corrected chi connectivity index (χ1v) is 11.0. The smallest absolute Gasteiger partial charge is 0.339 e. The summed E-state index contributed by atoms with van der Waals surface area (Å²) in [5.41, 5.74) is 1.16. The van der Waals surface area contributed by atoms with Gasteiger partial charge in [0.05, 0.1) is 31.1 Å². The minimum Gasteiger partial charge on any atom is -0.495 e. The molecule has 0 atom stereocenters. The van der Waals surface area contributed by atoms with Gasteiger partial charge < -0.3 is 14.3 Å². The molecule has 0 radical (unpaired) electrons. The first kappa shape index (κ1) is 23.3. The maximum atomic E-state index is 12.0. The van der Waals surface area contributed by atoms with Crippen LogP contribution in [0.3, 0.4) is 0 Å². The second-order valence-corrected chi connectivity index (χ2v) is 8.68. The molecule has 0 fully saturated rings. The lowest BCUT2D eigenvalue weighted by Gasteiger charge is -2.14. The molecule has 0 aliphatic heterocycles. The zero-order valence-corrected chi connectivity index (χ0v) is 17.8. The van der Waals surface area contributed by atoms with Gasteiger partial charge in [-0.3, -0.25) is 0 Å². The number of rotatable bonds is 7. The summed E-state index contributed by atoms with van der Waals surface area (Å²) in [5.74, 6) is -1.78. The van der Waals surface area contributed by atoms with Crippen LogP contribution in [-0.2, 0) is 15.6 Å². The summed E-state index contributed by atoms with van der Waals surface area (Å²) >= 11 is 5.54. The second-order valence-electron chi connectivity index (χ2n) is 6.14. The fraction of sp³-hybridized carbons (Fsp3) is 0.136. The lowest BCUT2D eigenvalue weighted by molar-refractivity contribution is 0.0692. The van der Waals surface area contributed by atoms with Crippen molar-refractivity contribution in [1.29, 1.82) is 0 Å². The highest BCUT2D eigenvalue weighted by Crippen LogP contribution is 2.36. The molecule has 0 unspecified atom stereocenters. The zero-order valence-electron chi connectivity index (χ0n) is 16.2. The summed E-state index contributed by atoms with van der Waals surface area (Å²) in [6.45, 7) is 3.40. The molecule has 1 heterocycles. The minimum absolute atomic E-state index is 0.102. The topological polar surface area (TPSA) is 93.8 Å². The van der Waals surface area contributed by atoms with E-state index >= 15 is 0 Å². The Morgan fingerprint density at radius 1 is 1.20 bits per heavy atom. The second kappa shape index (κ2) is 10.7. The molecule has 0 saturated heterocycles. The van der Waals surface area contributed by atoms with Gasteiger partial charge in [0.15, 0.2) is 9.84 Å². The SMILES string of the molecule is C=CCS(=O)(=O)Cc1ccc(-c2ccoc2)c(OC)c1C(=O)O.Clc1ccccc1. The van der Waals surface area contributed by atoms with E-state index in [1.807, 2.05) is 30.3 Å². The molecule has 6 nitrogen and oxygen atoms in total. The number of carboxylic acids is 1. The van der Waals surface area contributed by atoms with Crippen LogP contribution in [0, 0.1) is 0 Å². The number of hydrogen-bond acceptors (Lipinski definition) is 5. The Morgan fingerprint density at radius 2 is 1.90 bits per heavy atom. The summed E-state index contributed by atoms with van der Waals surface area (Å²) < 4.78 is 34.2. The molecule has 0 aliphatic carbocycles. The number of hydrogen-bond donors (Lipinski definition) is 1. The van der Waals surface area contributed by atoms with Gasteiger partial charge in [-0.1, -0.05) is 48.0 Å². The highest BCUT2D eigenvalue weighted by atomic mass is 35.5. The quantitative estimate of drug-likeness (QED) is 0.505. The van der Waals surface area contributed by atoms with E-state index in [2.05, 4.69) is 6.58 Å². The number of sulfone groups is 1. The normalized spacial score (nSPS) is 10.6. The lowest BCUT2D eigenvalue weighted by atomic mass is 9.99. The van der Waals surface area contributed by atoms with Gasteiger partial charge in [-0.2, -0.15) is 0 Å². The van der Waals surface area contributed by atoms with E-state index in [0.717, 1.165) is 5.02 Å². The van der Waals surface area contributed by atoms with Gasteiger partial charge in [0, 0.05) is 16.1 Å². The minimum atomic E-state index is -3.49. The molecular weight excluding hydrogens is 428 g/mol. The standard InChI is InChI=1S/C16H16O6S.C6H5Cl/c1-3-8-23(19,20)10-12-4-5-13(11-6-7-22-9-11)15(21-2)14(12)16(17)18;7-6-4-2-1-3-5-6/h3-7,9H,1,8,10H2,2H3,(H,17,18);1-5H. The van der Waals surface area contributed by atoms with Gasteiger partial charge in [-0.25, -0.2) is 13.2 Å². The van der Waals surface area contributed by atoms with E-state index in [4.69, 9.17) is 20.8 Å². The first-order valence-electron chi connectivity index (χ1n) is 8.76. The summed E-state index contributed by atoms with van der Waals surface area (Å²) in [4.78, 5) is 11.6. The highest BCUT2D eigenvalue weighted by Gasteiger charge is 2.24. The van der Waals surface area contributed by atoms with Crippen molar-refractivity contribution in [2.24, 2.45) is 0 Å². The van der Waals surface area contributed by atoms with Gasteiger partial charge >= 0.3 is 5.97 Å². The van der Waals surface area contributed by atoms with Crippen LogP contribution in [0.1, 0.15) is 15.9 Å². The van der Waals surface area contributed by atoms with Crippen LogP contribution in [0.4, 0.5) is 0 Å². The van der Waals surface area contributed by atoms with E-state index in [9.17, 15) is 18.3 Å². The molecule has 0 saturated carbocycles. The Hall–Kier alpha value is -3.03. The molecule has 8 heteroatoms. The van der Waals surface area contributed by atoms with E-state index in [1.54, 1.807) is 12.1 Å². The van der Waals surface area contributed by atoms with Crippen molar-refractivity contribution in [2.75, 3.05) is 12.9 Å². The number of carboxylic acid groups (broad SMARTS) is 1. The average Bonchev–Trinajstić information content (AvgIpc) is 3.22. The Labute approximate surface area is 180 Å². The number of halogens is 1. The van der Waals surface area contributed by atoms with Crippen molar-refractivity contribution in [2.45, 2.75) is 5.75 Å². The number of aromatic carboxylic acids is 1. The first-order chi connectivity index (χ1) is 14.3. The Balaban J connectivity index is 0.000000386. The van der Waals surface area contributed by atoms with Crippen LogP contribution >= 0.6 is 11.6 Å². The van der Waals surface area contributed by atoms with Gasteiger partial charge in [0.1, 0.15) is 11.3 Å². The molecule has 3 rings (SSSR count). The zero-order chi connectivity index (χ0) is 22.1.